The van der Waals surface area contributed by atoms with E-state index in [9.17, 15) is 4.79 Å². The molecule has 30 heavy (non-hydrogen) atoms. The molecule has 0 bridgehead atoms. The SMILES string of the molecule is COc1cc(CN(Cc2ccc(C)nc2Cl)C(=O)CN=C(N)N)cc(OC)c1OC. The van der Waals surface area contributed by atoms with Crippen molar-refractivity contribution >= 4 is 23.5 Å². The lowest BCUT2D eigenvalue weighted by Crippen LogP contribution is -2.33. The molecule has 162 valence electrons. The predicted octanol–water partition coefficient (Wildman–Crippen LogP) is 1.87. The van der Waals surface area contributed by atoms with Crippen LogP contribution in [0.1, 0.15) is 16.8 Å². The third kappa shape index (κ3) is 5.90. The third-order valence-corrected chi connectivity index (χ3v) is 4.60. The number of rotatable bonds is 9. The Labute approximate surface area is 180 Å². The van der Waals surface area contributed by atoms with E-state index < -0.39 is 0 Å². The smallest absolute Gasteiger partial charge is 0.244 e. The molecule has 0 radical (unpaired) electrons. The number of hydrogen-bond acceptors (Lipinski definition) is 6. The zero-order valence-electron chi connectivity index (χ0n) is 17.4. The number of pyridine rings is 1. The number of aromatic nitrogens is 1. The molecule has 0 unspecified atom stereocenters. The minimum Gasteiger partial charge on any atom is -0.493 e. The van der Waals surface area contributed by atoms with E-state index >= 15 is 0 Å². The van der Waals surface area contributed by atoms with Gasteiger partial charge in [0.2, 0.25) is 11.7 Å². The van der Waals surface area contributed by atoms with Crippen LogP contribution in [-0.2, 0) is 17.9 Å². The summed E-state index contributed by atoms with van der Waals surface area (Å²) in [5, 5.41) is 0.333. The molecule has 1 aromatic carbocycles. The van der Waals surface area contributed by atoms with Crippen molar-refractivity contribution in [3.8, 4) is 17.2 Å². The highest BCUT2D eigenvalue weighted by molar-refractivity contribution is 6.30. The van der Waals surface area contributed by atoms with Crippen molar-refractivity contribution in [1.82, 2.24) is 9.88 Å². The number of carbonyl (C=O) groups excluding carboxylic acids is 1. The molecule has 0 aliphatic rings. The first kappa shape index (κ1) is 23.1. The maximum atomic E-state index is 12.8. The maximum Gasteiger partial charge on any atom is 0.244 e. The van der Waals surface area contributed by atoms with Crippen molar-refractivity contribution in [2.24, 2.45) is 16.5 Å². The maximum absolute atomic E-state index is 12.8. The predicted molar refractivity (Wildman–Crippen MR) is 115 cm³/mol. The molecule has 0 aliphatic heterocycles. The van der Waals surface area contributed by atoms with E-state index in [4.69, 9.17) is 37.3 Å². The lowest BCUT2D eigenvalue weighted by molar-refractivity contribution is -0.130. The minimum atomic E-state index is -0.284. The average molecular weight is 436 g/mol. The van der Waals surface area contributed by atoms with E-state index in [-0.39, 0.29) is 31.5 Å². The van der Waals surface area contributed by atoms with Gasteiger partial charge >= 0.3 is 0 Å². The second-order valence-corrected chi connectivity index (χ2v) is 6.79. The number of carbonyl (C=O) groups is 1. The van der Waals surface area contributed by atoms with E-state index in [1.807, 2.05) is 19.1 Å². The van der Waals surface area contributed by atoms with Gasteiger partial charge in [-0.05, 0) is 30.7 Å². The third-order valence-electron chi connectivity index (χ3n) is 4.27. The van der Waals surface area contributed by atoms with Crippen molar-refractivity contribution in [2.75, 3.05) is 27.9 Å². The van der Waals surface area contributed by atoms with Gasteiger partial charge in [-0.1, -0.05) is 17.7 Å². The molecule has 1 heterocycles. The molecule has 9 nitrogen and oxygen atoms in total. The van der Waals surface area contributed by atoms with E-state index in [1.54, 1.807) is 17.0 Å². The average Bonchev–Trinajstić information content (AvgIpc) is 2.72. The molecule has 1 amide bonds. The Morgan fingerprint density at radius 1 is 1.10 bits per heavy atom. The second-order valence-electron chi connectivity index (χ2n) is 6.43. The summed E-state index contributed by atoms with van der Waals surface area (Å²) < 4.78 is 16.1. The largest absolute Gasteiger partial charge is 0.493 e. The molecule has 0 saturated carbocycles. The van der Waals surface area contributed by atoms with Crippen LogP contribution < -0.4 is 25.7 Å². The molecule has 0 spiro atoms. The number of aliphatic imine (C=N–C) groups is 1. The van der Waals surface area contributed by atoms with Crippen LogP contribution in [0, 0.1) is 6.92 Å². The quantitative estimate of drug-likeness (QED) is 0.350. The highest BCUT2D eigenvalue weighted by atomic mass is 35.5. The van der Waals surface area contributed by atoms with Gasteiger partial charge in [0.25, 0.3) is 0 Å². The van der Waals surface area contributed by atoms with Crippen molar-refractivity contribution in [3.05, 3.63) is 46.2 Å². The van der Waals surface area contributed by atoms with Gasteiger partial charge in [-0.15, -0.1) is 0 Å². The molecular formula is C20H26ClN5O4. The molecule has 10 heteroatoms. The fourth-order valence-corrected chi connectivity index (χ4v) is 3.07. The first-order valence-electron chi connectivity index (χ1n) is 9.03. The monoisotopic (exact) mass is 435 g/mol. The van der Waals surface area contributed by atoms with Gasteiger partial charge in [-0.2, -0.15) is 0 Å². The Bertz CT molecular complexity index is 906. The van der Waals surface area contributed by atoms with Crippen LogP contribution in [0.4, 0.5) is 0 Å². The highest BCUT2D eigenvalue weighted by Gasteiger charge is 2.19. The first-order valence-corrected chi connectivity index (χ1v) is 9.40. The van der Waals surface area contributed by atoms with Crippen molar-refractivity contribution in [2.45, 2.75) is 20.0 Å². The molecule has 4 N–H and O–H groups in total. The topological polar surface area (TPSA) is 125 Å². The van der Waals surface area contributed by atoms with Crippen molar-refractivity contribution < 1.29 is 19.0 Å². The van der Waals surface area contributed by atoms with Gasteiger partial charge in [0.1, 0.15) is 11.7 Å². The number of ether oxygens (including phenoxy) is 3. The normalized spacial score (nSPS) is 10.3. The van der Waals surface area contributed by atoms with E-state index in [1.165, 1.54) is 21.3 Å². The standard InChI is InChI=1S/C20H26ClN5O4/c1-12-5-6-14(19(21)25-12)11-26(17(27)9-24-20(22)23)10-13-7-15(28-2)18(30-4)16(8-13)29-3/h5-8H,9-11H2,1-4H3,(H4,22,23,24). The number of benzene rings is 1. The molecule has 0 saturated heterocycles. The van der Waals surface area contributed by atoms with Crippen LogP contribution >= 0.6 is 11.6 Å². The van der Waals surface area contributed by atoms with E-state index in [0.29, 0.717) is 28.0 Å². The van der Waals surface area contributed by atoms with Crippen LogP contribution in [0.3, 0.4) is 0 Å². The molecule has 2 aromatic rings. The number of methoxy groups -OCH3 is 3. The van der Waals surface area contributed by atoms with Crippen LogP contribution in [0.5, 0.6) is 17.2 Å². The lowest BCUT2D eigenvalue weighted by Gasteiger charge is -2.24. The van der Waals surface area contributed by atoms with Crippen LogP contribution in [0.25, 0.3) is 0 Å². The summed E-state index contributed by atoms with van der Waals surface area (Å²) in [6.45, 7) is 2.11. The first-order chi connectivity index (χ1) is 14.3. The Morgan fingerprint density at radius 2 is 1.73 bits per heavy atom. The van der Waals surface area contributed by atoms with Crippen molar-refractivity contribution in [1.29, 1.82) is 0 Å². The zero-order chi connectivity index (χ0) is 22.3. The number of aryl methyl sites for hydroxylation is 1. The van der Waals surface area contributed by atoms with Gasteiger partial charge < -0.3 is 30.6 Å². The fourth-order valence-electron chi connectivity index (χ4n) is 2.82. The summed E-state index contributed by atoms with van der Waals surface area (Å²) in [5.74, 6) is 0.991. The van der Waals surface area contributed by atoms with Crippen molar-refractivity contribution in [3.63, 3.8) is 0 Å². The fraction of sp³-hybridized carbons (Fsp3) is 0.350. The summed E-state index contributed by atoms with van der Waals surface area (Å²) in [6, 6.07) is 7.22. The number of guanidine groups is 1. The number of halogens is 1. The molecule has 2 rings (SSSR count). The lowest BCUT2D eigenvalue weighted by atomic mass is 10.1. The summed E-state index contributed by atoms with van der Waals surface area (Å²) in [7, 11) is 4.58. The van der Waals surface area contributed by atoms with Gasteiger partial charge in [0.05, 0.1) is 21.3 Å². The Kier molecular flexibility index (Phi) is 8.11. The zero-order valence-corrected chi connectivity index (χ0v) is 18.2. The minimum absolute atomic E-state index is 0.161. The molecule has 0 aliphatic carbocycles. The Balaban J connectivity index is 2.39. The number of nitrogens with two attached hydrogens (primary N) is 2. The summed E-state index contributed by atoms with van der Waals surface area (Å²) in [5.41, 5.74) is 13.0. The molecular weight excluding hydrogens is 410 g/mol. The molecule has 0 fully saturated rings. The van der Waals surface area contributed by atoms with Gasteiger partial charge in [0, 0.05) is 24.3 Å². The van der Waals surface area contributed by atoms with E-state index in [0.717, 1.165) is 11.3 Å². The number of nitrogens with zero attached hydrogens (tertiary/aromatic N) is 3. The van der Waals surface area contributed by atoms with Crippen LogP contribution in [0.2, 0.25) is 5.15 Å². The van der Waals surface area contributed by atoms with Crippen LogP contribution in [0.15, 0.2) is 29.3 Å². The summed E-state index contributed by atoms with van der Waals surface area (Å²) in [6.07, 6.45) is 0. The summed E-state index contributed by atoms with van der Waals surface area (Å²) >= 11 is 6.27. The highest BCUT2D eigenvalue weighted by Crippen LogP contribution is 2.38. The van der Waals surface area contributed by atoms with Gasteiger partial charge in [-0.3, -0.25) is 4.79 Å². The van der Waals surface area contributed by atoms with Gasteiger partial charge in [-0.25, -0.2) is 9.98 Å². The molecule has 1 aromatic heterocycles. The second kappa shape index (κ2) is 10.5. The summed E-state index contributed by atoms with van der Waals surface area (Å²) in [4.78, 5) is 22.5. The number of amides is 1. The van der Waals surface area contributed by atoms with E-state index in [2.05, 4.69) is 9.98 Å². The molecule has 0 atom stereocenters. The Hall–Kier alpha value is -3.20. The van der Waals surface area contributed by atoms with Gasteiger partial charge in [0.15, 0.2) is 17.5 Å². The Morgan fingerprint density at radius 3 is 2.23 bits per heavy atom. The van der Waals surface area contributed by atoms with Crippen LogP contribution in [-0.4, -0.2) is 49.6 Å². The number of hydrogen-bond donors (Lipinski definition) is 2.